The van der Waals surface area contributed by atoms with E-state index < -0.39 is 12.1 Å². The SMILES string of the molecule is Cc1ccc(C)c(C(=O)O[C@H](C)C(=O)c2ccc(C)c(C)c2)c1. The molecule has 0 aromatic heterocycles. The molecule has 0 N–H and O–H groups in total. The normalized spacial score (nSPS) is 11.9. The van der Waals surface area contributed by atoms with Gasteiger partial charge in [-0.1, -0.05) is 29.8 Å². The molecule has 2 rings (SSSR count). The van der Waals surface area contributed by atoms with Gasteiger partial charge in [-0.15, -0.1) is 0 Å². The van der Waals surface area contributed by atoms with Crippen LogP contribution in [0.5, 0.6) is 0 Å². The van der Waals surface area contributed by atoms with Crippen LogP contribution in [0.4, 0.5) is 0 Å². The van der Waals surface area contributed by atoms with Crippen molar-refractivity contribution in [1.29, 1.82) is 0 Å². The van der Waals surface area contributed by atoms with Gasteiger partial charge in [0.2, 0.25) is 5.78 Å². The number of ether oxygens (including phenoxy) is 1. The third-order valence-corrected chi connectivity index (χ3v) is 4.06. The molecule has 0 radical (unpaired) electrons. The Morgan fingerprint density at radius 1 is 0.870 bits per heavy atom. The summed E-state index contributed by atoms with van der Waals surface area (Å²) >= 11 is 0. The summed E-state index contributed by atoms with van der Waals surface area (Å²) in [5.74, 6) is -0.650. The quantitative estimate of drug-likeness (QED) is 0.623. The van der Waals surface area contributed by atoms with E-state index in [9.17, 15) is 9.59 Å². The van der Waals surface area contributed by atoms with Gasteiger partial charge >= 0.3 is 5.97 Å². The maximum Gasteiger partial charge on any atom is 0.339 e. The van der Waals surface area contributed by atoms with E-state index in [1.807, 2.05) is 52.0 Å². The molecule has 2 aromatic carbocycles. The Hall–Kier alpha value is -2.42. The fraction of sp³-hybridized carbons (Fsp3) is 0.300. The zero-order valence-corrected chi connectivity index (χ0v) is 14.3. The van der Waals surface area contributed by atoms with Crippen LogP contribution < -0.4 is 0 Å². The maximum atomic E-state index is 12.4. The smallest absolute Gasteiger partial charge is 0.339 e. The minimum atomic E-state index is -0.815. The summed E-state index contributed by atoms with van der Waals surface area (Å²) in [6.45, 7) is 9.33. The molecule has 0 saturated carbocycles. The summed E-state index contributed by atoms with van der Waals surface area (Å²) in [5.41, 5.74) is 5.06. The lowest BCUT2D eigenvalue weighted by atomic mass is 10.0. The van der Waals surface area contributed by atoms with E-state index in [4.69, 9.17) is 4.74 Å². The fourth-order valence-electron chi connectivity index (χ4n) is 2.36. The van der Waals surface area contributed by atoms with Gasteiger partial charge in [-0.2, -0.15) is 0 Å². The third-order valence-electron chi connectivity index (χ3n) is 4.06. The zero-order chi connectivity index (χ0) is 17.1. The fourth-order valence-corrected chi connectivity index (χ4v) is 2.36. The van der Waals surface area contributed by atoms with E-state index >= 15 is 0 Å². The van der Waals surface area contributed by atoms with E-state index in [0.29, 0.717) is 11.1 Å². The van der Waals surface area contributed by atoms with Crippen molar-refractivity contribution in [3.8, 4) is 0 Å². The lowest BCUT2D eigenvalue weighted by Crippen LogP contribution is -2.25. The molecule has 0 amide bonds. The van der Waals surface area contributed by atoms with Gasteiger partial charge in [0.05, 0.1) is 5.56 Å². The monoisotopic (exact) mass is 310 g/mol. The van der Waals surface area contributed by atoms with E-state index in [0.717, 1.165) is 22.3 Å². The van der Waals surface area contributed by atoms with Crippen LogP contribution in [0.2, 0.25) is 0 Å². The first-order chi connectivity index (χ1) is 10.8. The number of Topliss-reactive ketones (excluding diaryl/α,β-unsaturated/α-hetero) is 1. The molecule has 0 bridgehead atoms. The number of aryl methyl sites for hydroxylation is 4. The van der Waals surface area contributed by atoms with Gasteiger partial charge in [0.1, 0.15) is 0 Å². The van der Waals surface area contributed by atoms with Crippen LogP contribution in [-0.2, 0) is 4.74 Å². The highest BCUT2D eigenvalue weighted by atomic mass is 16.5. The summed E-state index contributed by atoms with van der Waals surface area (Å²) in [4.78, 5) is 24.8. The molecule has 0 heterocycles. The molecule has 3 nitrogen and oxygen atoms in total. The van der Waals surface area contributed by atoms with Crippen molar-refractivity contribution in [2.75, 3.05) is 0 Å². The highest BCUT2D eigenvalue weighted by Gasteiger charge is 2.21. The van der Waals surface area contributed by atoms with Crippen molar-refractivity contribution in [3.63, 3.8) is 0 Å². The van der Waals surface area contributed by atoms with E-state index in [1.165, 1.54) is 0 Å². The Morgan fingerprint density at radius 3 is 2.17 bits per heavy atom. The molecule has 0 aliphatic rings. The second-order valence-electron chi connectivity index (χ2n) is 6.03. The lowest BCUT2D eigenvalue weighted by Gasteiger charge is -2.14. The van der Waals surface area contributed by atoms with Crippen molar-refractivity contribution in [3.05, 3.63) is 69.8 Å². The molecule has 1 atom stereocenters. The van der Waals surface area contributed by atoms with Crippen molar-refractivity contribution in [1.82, 2.24) is 0 Å². The minimum absolute atomic E-state index is 0.188. The summed E-state index contributed by atoms with van der Waals surface area (Å²) < 4.78 is 5.37. The van der Waals surface area contributed by atoms with Crippen LogP contribution in [0, 0.1) is 27.7 Å². The number of hydrogen-bond donors (Lipinski definition) is 0. The topological polar surface area (TPSA) is 43.4 Å². The molecule has 3 heteroatoms. The van der Waals surface area contributed by atoms with Crippen molar-refractivity contribution in [2.45, 2.75) is 40.7 Å². The molecule has 0 spiro atoms. The van der Waals surface area contributed by atoms with Gasteiger partial charge in [0, 0.05) is 5.56 Å². The van der Waals surface area contributed by atoms with Crippen LogP contribution >= 0.6 is 0 Å². The molecule has 0 fully saturated rings. The van der Waals surface area contributed by atoms with E-state index in [2.05, 4.69) is 0 Å². The van der Waals surface area contributed by atoms with Crippen molar-refractivity contribution < 1.29 is 14.3 Å². The largest absolute Gasteiger partial charge is 0.451 e. The molecule has 0 saturated heterocycles. The first-order valence-electron chi connectivity index (χ1n) is 7.69. The molecule has 2 aromatic rings. The standard InChI is InChI=1S/C20H22O3/c1-12-6-7-14(3)18(10-12)20(22)23-16(5)19(21)17-9-8-13(2)15(4)11-17/h6-11,16H,1-5H3/t16-/m1/s1. The summed E-state index contributed by atoms with van der Waals surface area (Å²) in [7, 11) is 0. The number of carbonyl (C=O) groups excluding carboxylic acids is 2. The van der Waals surface area contributed by atoms with Crippen LogP contribution in [0.25, 0.3) is 0 Å². The second-order valence-corrected chi connectivity index (χ2v) is 6.03. The van der Waals surface area contributed by atoms with Gasteiger partial charge in [-0.25, -0.2) is 4.79 Å². The highest BCUT2D eigenvalue weighted by molar-refractivity contribution is 6.01. The lowest BCUT2D eigenvalue weighted by molar-refractivity contribution is 0.0318. The first-order valence-corrected chi connectivity index (χ1v) is 7.69. The summed E-state index contributed by atoms with van der Waals surface area (Å²) in [6.07, 6.45) is -0.815. The summed E-state index contributed by atoms with van der Waals surface area (Å²) in [6, 6.07) is 11.1. The minimum Gasteiger partial charge on any atom is -0.451 e. The Labute approximate surface area is 137 Å². The summed E-state index contributed by atoms with van der Waals surface area (Å²) in [5, 5.41) is 0. The number of rotatable bonds is 4. The van der Waals surface area contributed by atoms with E-state index in [1.54, 1.807) is 19.1 Å². The van der Waals surface area contributed by atoms with E-state index in [-0.39, 0.29) is 5.78 Å². The molecule has 23 heavy (non-hydrogen) atoms. The first kappa shape index (κ1) is 16.9. The van der Waals surface area contributed by atoms with Crippen molar-refractivity contribution >= 4 is 11.8 Å². The van der Waals surface area contributed by atoms with Crippen molar-refractivity contribution in [2.24, 2.45) is 0 Å². The number of hydrogen-bond acceptors (Lipinski definition) is 3. The second kappa shape index (κ2) is 6.78. The molecular weight excluding hydrogens is 288 g/mol. The molecule has 0 unspecified atom stereocenters. The van der Waals surface area contributed by atoms with Gasteiger partial charge in [0.15, 0.2) is 6.10 Å². The molecule has 120 valence electrons. The van der Waals surface area contributed by atoms with Gasteiger partial charge in [0.25, 0.3) is 0 Å². The Bertz CT molecular complexity index is 759. The number of ketones is 1. The average molecular weight is 310 g/mol. The molecule has 0 aliphatic heterocycles. The number of esters is 1. The average Bonchev–Trinajstić information content (AvgIpc) is 2.51. The van der Waals surface area contributed by atoms with Gasteiger partial charge in [-0.05, 0) is 63.4 Å². The Morgan fingerprint density at radius 2 is 1.52 bits per heavy atom. The van der Waals surface area contributed by atoms with Crippen LogP contribution in [-0.4, -0.2) is 17.9 Å². The zero-order valence-electron chi connectivity index (χ0n) is 14.3. The molecule has 0 aliphatic carbocycles. The number of benzene rings is 2. The predicted octanol–water partition coefficient (Wildman–Crippen LogP) is 4.35. The van der Waals surface area contributed by atoms with Crippen LogP contribution in [0.15, 0.2) is 36.4 Å². The number of carbonyl (C=O) groups is 2. The highest BCUT2D eigenvalue weighted by Crippen LogP contribution is 2.16. The van der Waals surface area contributed by atoms with Crippen LogP contribution in [0.1, 0.15) is 49.9 Å². The Balaban J connectivity index is 2.15. The molecular formula is C20H22O3. The van der Waals surface area contributed by atoms with Crippen LogP contribution in [0.3, 0.4) is 0 Å². The third kappa shape index (κ3) is 3.86. The van der Waals surface area contributed by atoms with Gasteiger partial charge in [-0.3, -0.25) is 4.79 Å². The Kier molecular flexibility index (Phi) is 4.99. The van der Waals surface area contributed by atoms with Gasteiger partial charge < -0.3 is 4.74 Å². The predicted molar refractivity (Wildman–Crippen MR) is 91.0 cm³/mol. The maximum absolute atomic E-state index is 12.4.